The highest BCUT2D eigenvalue weighted by molar-refractivity contribution is 5.85. The first-order chi connectivity index (χ1) is 11.2. The third-order valence-corrected chi connectivity index (χ3v) is 5.27. The number of rotatable bonds is 7. The number of benzene rings is 1. The molecule has 1 saturated heterocycles. The zero-order chi connectivity index (χ0) is 16.1. The molecule has 4 nitrogen and oxygen atoms in total. The number of methoxy groups -OCH3 is 1. The van der Waals surface area contributed by atoms with Gasteiger partial charge in [0.25, 0.3) is 0 Å². The quantitative estimate of drug-likeness (QED) is 0.816. The zero-order valence-corrected chi connectivity index (χ0v) is 15.5. The number of ether oxygens (including phenoxy) is 2. The van der Waals surface area contributed by atoms with Gasteiger partial charge in [-0.05, 0) is 49.9 Å². The second kappa shape index (κ2) is 9.04. The second-order valence-corrected chi connectivity index (χ2v) is 7.36. The Balaban J connectivity index is 0.00000208. The average Bonchev–Trinajstić information content (AvgIpc) is 2.51. The van der Waals surface area contributed by atoms with Crippen LogP contribution in [0.2, 0.25) is 0 Å². The summed E-state index contributed by atoms with van der Waals surface area (Å²) in [5.74, 6) is 0.959. The topological polar surface area (TPSA) is 47.7 Å². The lowest BCUT2D eigenvalue weighted by Gasteiger charge is -2.46. The maximum atomic E-state index is 6.16. The summed E-state index contributed by atoms with van der Waals surface area (Å²) < 4.78 is 11.4. The van der Waals surface area contributed by atoms with E-state index < -0.39 is 0 Å². The number of nitrogens with zero attached hydrogens (tertiary/aromatic N) is 1. The number of nitrogens with two attached hydrogens (primary N) is 1. The van der Waals surface area contributed by atoms with Crippen LogP contribution in [0.4, 0.5) is 0 Å². The summed E-state index contributed by atoms with van der Waals surface area (Å²) in [6.07, 6.45) is 6.28. The van der Waals surface area contributed by atoms with E-state index in [-0.39, 0.29) is 12.4 Å². The summed E-state index contributed by atoms with van der Waals surface area (Å²) in [7, 11) is 1.72. The molecule has 3 rings (SSSR count). The van der Waals surface area contributed by atoms with Crippen molar-refractivity contribution in [2.45, 2.75) is 44.8 Å². The Morgan fingerprint density at radius 3 is 2.79 bits per heavy atom. The molecule has 5 heteroatoms. The van der Waals surface area contributed by atoms with Crippen LogP contribution in [-0.4, -0.2) is 44.3 Å². The Labute approximate surface area is 152 Å². The summed E-state index contributed by atoms with van der Waals surface area (Å²) >= 11 is 0. The van der Waals surface area contributed by atoms with Gasteiger partial charge in [-0.25, -0.2) is 0 Å². The first-order valence-corrected chi connectivity index (χ1v) is 8.88. The molecular weight excluding hydrogens is 324 g/mol. The third-order valence-electron chi connectivity index (χ3n) is 5.27. The Bertz CT molecular complexity index is 508. The molecule has 1 aliphatic heterocycles. The van der Waals surface area contributed by atoms with Crippen LogP contribution in [0, 0.1) is 5.41 Å². The van der Waals surface area contributed by atoms with Crippen molar-refractivity contribution in [3.05, 3.63) is 29.8 Å². The lowest BCUT2D eigenvalue weighted by Crippen LogP contribution is -2.51. The normalized spacial score (nSPS) is 23.2. The molecule has 1 atom stereocenters. The van der Waals surface area contributed by atoms with E-state index in [4.69, 9.17) is 15.2 Å². The highest BCUT2D eigenvalue weighted by Crippen LogP contribution is 2.42. The minimum Gasteiger partial charge on any atom is -0.493 e. The highest BCUT2D eigenvalue weighted by atomic mass is 35.5. The fourth-order valence-electron chi connectivity index (χ4n) is 3.86. The first kappa shape index (κ1) is 19.5. The largest absolute Gasteiger partial charge is 0.493 e. The average molecular weight is 355 g/mol. The first-order valence-electron chi connectivity index (χ1n) is 8.88. The molecule has 24 heavy (non-hydrogen) atoms. The molecule has 2 N–H and O–H groups in total. The Kier molecular flexibility index (Phi) is 7.35. The number of halogens is 1. The van der Waals surface area contributed by atoms with Gasteiger partial charge in [0.05, 0.1) is 13.2 Å². The van der Waals surface area contributed by atoms with Crippen molar-refractivity contribution in [2.75, 3.05) is 33.4 Å². The van der Waals surface area contributed by atoms with Gasteiger partial charge in [0.2, 0.25) is 0 Å². The van der Waals surface area contributed by atoms with Crippen molar-refractivity contribution in [3.63, 3.8) is 0 Å². The van der Waals surface area contributed by atoms with Crippen LogP contribution >= 0.6 is 12.4 Å². The van der Waals surface area contributed by atoms with Gasteiger partial charge in [0.15, 0.2) is 0 Å². The van der Waals surface area contributed by atoms with Gasteiger partial charge in [0, 0.05) is 31.7 Å². The van der Waals surface area contributed by atoms with Gasteiger partial charge in [-0.2, -0.15) is 0 Å². The molecule has 0 spiro atoms. The maximum Gasteiger partial charge on any atom is 0.119 e. The lowest BCUT2D eigenvalue weighted by atomic mass is 9.69. The van der Waals surface area contributed by atoms with Gasteiger partial charge in [-0.3, -0.25) is 0 Å². The molecule has 0 aromatic heterocycles. The highest BCUT2D eigenvalue weighted by Gasteiger charge is 2.40. The predicted molar refractivity (Wildman–Crippen MR) is 99.8 cm³/mol. The molecule has 0 amide bonds. The Morgan fingerprint density at radius 2 is 2.12 bits per heavy atom. The van der Waals surface area contributed by atoms with Crippen LogP contribution < -0.4 is 10.5 Å². The number of hydrogen-bond donors (Lipinski definition) is 1. The van der Waals surface area contributed by atoms with Crippen molar-refractivity contribution in [1.82, 2.24) is 4.90 Å². The fourth-order valence-corrected chi connectivity index (χ4v) is 3.86. The van der Waals surface area contributed by atoms with Gasteiger partial charge < -0.3 is 20.1 Å². The smallest absolute Gasteiger partial charge is 0.119 e. The molecule has 2 fully saturated rings. The molecule has 1 aromatic rings. The summed E-state index contributed by atoms with van der Waals surface area (Å²) in [6, 6.07) is 8.60. The maximum absolute atomic E-state index is 6.16. The van der Waals surface area contributed by atoms with Crippen molar-refractivity contribution >= 4 is 12.4 Å². The van der Waals surface area contributed by atoms with Gasteiger partial charge in [0.1, 0.15) is 5.75 Å². The van der Waals surface area contributed by atoms with E-state index in [9.17, 15) is 0 Å². The third kappa shape index (κ3) is 5.09. The number of likely N-dealkylation sites (tertiary alicyclic amines) is 1. The van der Waals surface area contributed by atoms with Crippen molar-refractivity contribution in [3.8, 4) is 5.75 Å². The SMILES string of the molecule is COCc1cccc(OCC2(CN3CCCC(N)C3)CCC2)c1.Cl. The molecule has 1 aliphatic carbocycles. The van der Waals surface area contributed by atoms with Gasteiger partial charge in [-0.1, -0.05) is 18.6 Å². The number of piperidine rings is 1. The van der Waals surface area contributed by atoms with Crippen LogP contribution in [0.25, 0.3) is 0 Å². The predicted octanol–water partition coefficient (Wildman–Crippen LogP) is 3.23. The summed E-state index contributed by atoms with van der Waals surface area (Å²) in [5.41, 5.74) is 7.62. The minimum atomic E-state index is 0. The molecular formula is C19H31ClN2O2. The van der Waals surface area contributed by atoms with Gasteiger partial charge in [-0.15, -0.1) is 12.4 Å². The van der Waals surface area contributed by atoms with E-state index in [1.807, 2.05) is 12.1 Å². The van der Waals surface area contributed by atoms with Crippen LogP contribution in [-0.2, 0) is 11.3 Å². The standard InChI is InChI=1S/C19H30N2O2.ClH/c1-22-13-16-5-2-7-18(11-16)23-15-19(8-4-9-19)14-21-10-3-6-17(20)12-21;/h2,5,7,11,17H,3-4,6,8-10,12-15,20H2,1H3;1H. The summed E-state index contributed by atoms with van der Waals surface area (Å²) in [4.78, 5) is 2.55. The molecule has 0 radical (unpaired) electrons. The molecule has 136 valence electrons. The second-order valence-electron chi connectivity index (χ2n) is 7.36. The van der Waals surface area contributed by atoms with E-state index in [1.54, 1.807) is 7.11 Å². The van der Waals surface area contributed by atoms with Crippen molar-refractivity contribution < 1.29 is 9.47 Å². The number of hydrogen-bond acceptors (Lipinski definition) is 4. The zero-order valence-electron chi connectivity index (χ0n) is 14.7. The molecule has 1 aromatic carbocycles. The van der Waals surface area contributed by atoms with E-state index in [2.05, 4.69) is 17.0 Å². The van der Waals surface area contributed by atoms with E-state index in [1.165, 1.54) is 38.6 Å². The molecule has 0 bridgehead atoms. The van der Waals surface area contributed by atoms with E-state index in [0.717, 1.165) is 31.0 Å². The van der Waals surface area contributed by atoms with Crippen LogP contribution in [0.3, 0.4) is 0 Å². The minimum absolute atomic E-state index is 0. The van der Waals surface area contributed by atoms with Gasteiger partial charge >= 0.3 is 0 Å². The Morgan fingerprint density at radius 1 is 1.29 bits per heavy atom. The monoisotopic (exact) mass is 354 g/mol. The van der Waals surface area contributed by atoms with Crippen molar-refractivity contribution in [2.24, 2.45) is 11.1 Å². The van der Waals surface area contributed by atoms with Crippen LogP contribution in [0.1, 0.15) is 37.7 Å². The van der Waals surface area contributed by atoms with E-state index >= 15 is 0 Å². The summed E-state index contributed by atoms with van der Waals surface area (Å²) in [5, 5.41) is 0. The lowest BCUT2D eigenvalue weighted by molar-refractivity contribution is 0.0101. The molecule has 2 aliphatic rings. The molecule has 1 saturated carbocycles. The van der Waals surface area contributed by atoms with Crippen LogP contribution in [0.15, 0.2) is 24.3 Å². The molecule has 1 unspecified atom stereocenters. The fraction of sp³-hybridized carbons (Fsp3) is 0.684. The van der Waals surface area contributed by atoms with Crippen molar-refractivity contribution in [1.29, 1.82) is 0 Å². The van der Waals surface area contributed by atoms with E-state index in [0.29, 0.717) is 18.1 Å². The van der Waals surface area contributed by atoms with Crippen LogP contribution in [0.5, 0.6) is 5.75 Å². The molecule has 1 heterocycles. The summed E-state index contributed by atoms with van der Waals surface area (Å²) in [6.45, 7) is 4.82. The Hall–Kier alpha value is -0.810.